The zero-order chi connectivity index (χ0) is 11.6. The molecule has 80 valence electrons. The van der Waals surface area contributed by atoms with E-state index in [0.717, 1.165) is 0 Å². The molecular weight excluding hydrogens is 287 g/mol. The Morgan fingerprint density at radius 1 is 1.47 bits per heavy atom. The van der Waals surface area contributed by atoms with Gasteiger partial charge in [-0.3, -0.25) is 4.79 Å². The summed E-state index contributed by atoms with van der Waals surface area (Å²) < 4.78 is 5.20. The van der Waals surface area contributed by atoms with Gasteiger partial charge in [0.15, 0.2) is 0 Å². The molecule has 0 amide bonds. The smallest absolute Gasteiger partial charge is 0.377 e. The van der Waals surface area contributed by atoms with E-state index in [1.807, 2.05) is 0 Å². The minimum absolute atomic E-state index is 0.0353. The van der Waals surface area contributed by atoms with Crippen molar-refractivity contribution in [3.63, 3.8) is 0 Å². The molecule has 1 aromatic carbocycles. The first-order valence-corrected chi connectivity index (χ1v) is 4.95. The third-order valence-corrected chi connectivity index (χ3v) is 2.70. The van der Waals surface area contributed by atoms with Crippen molar-refractivity contribution in [2.24, 2.45) is 0 Å². The summed E-state index contributed by atoms with van der Waals surface area (Å²) in [7, 11) is 1.39. The van der Waals surface area contributed by atoms with E-state index >= 15 is 0 Å². The van der Waals surface area contributed by atoms with Gasteiger partial charge in [0.05, 0.1) is 11.6 Å². The molecule has 0 aliphatic rings. The number of carbonyl (C=O) groups excluding carboxylic acids is 1. The molecule has 6 heteroatoms. The van der Waals surface area contributed by atoms with Crippen molar-refractivity contribution < 1.29 is 19.4 Å². The number of ketones is 1. The normalized spacial score (nSPS) is 9.80. The number of hydrogen-bond donors (Lipinski definition) is 1. The topological polar surface area (TPSA) is 63.6 Å². The molecule has 0 saturated carbocycles. The van der Waals surface area contributed by atoms with E-state index in [1.165, 1.54) is 19.2 Å². The van der Waals surface area contributed by atoms with Crippen LogP contribution in [0.5, 0.6) is 5.75 Å². The summed E-state index contributed by atoms with van der Waals surface area (Å²) in [5.74, 6) is -2.27. The minimum atomic E-state index is -1.54. The Morgan fingerprint density at radius 2 is 2.07 bits per heavy atom. The highest BCUT2D eigenvalue weighted by atomic mass is 79.9. The van der Waals surface area contributed by atoms with Gasteiger partial charge in [0.25, 0.3) is 5.78 Å². The van der Waals surface area contributed by atoms with Crippen molar-refractivity contribution in [2.45, 2.75) is 0 Å². The maximum Gasteiger partial charge on any atom is 0.377 e. The monoisotopic (exact) mass is 292 g/mol. The van der Waals surface area contributed by atoms with E-state index in [0.29, 0.717) is 5.75 Å². The molecule has 0 unspecified atom stereocenters. The number of halogens is 2. The molecule has 1 aromatic rings. The lowest BCUT2D eigenvalue weighted by Crippen LogP contribution is -2.13. The number of rotatable bonds is 3. The van der Waals surface area contributed by atoms with Gasteiger partial charge in [-0.25, -0.2) is 4.79 Å². The number of carboxylic acids is 1. The number of Topliss-reactive ketones (excluding diaryl/α,β-unsaturated/α-hetero) is 1. The van der Waals surface area contributed by atoms with Crippen LogP contribution in [0.4, 0.5) is 0 Å². The molecule has 0 aliphatic carbocycles. The molecule has 0 heterocycles. The number of carbonyl (C=O) groups is 2. The van der Waals surface area contributed by atoms with Crippen molar-refractivity contribution in [3.05, 3.63) is 27.2 Å². The molecule has 1 rings (SSSR count). The van der Waals surface area contributed by atoms with Gasteiger partial charge in [0.2, 0.25) is 0 Å². The van der Waals surface area contributed by atoms with E-state index < -0.39 is 11.8 Å². The van der Waals surface area contributed by atoms with Gasteiger partial charge in [-0.05, 0) is 28.1 Å². The summed E-state index contributed by atoms with van der Waals surface area (Å²) in [6.07, 6.45) is 0. The lowest BCUT2D eigenvalue weighted by molar-refractivity contribution is -0.131. The molecule has 0 spiro atoms. The molecule has 0 radical (unpaired) electrons. The summed E-state index contributed by atoms with van der Waals surface area (Å²) in [4.78, 5) is 21.8. The molecule has 0 aromatic heterocycles. The minimum Gasteiger partial charge on any atom is -0.495 e. The molecule has 0 atom stereocenters. The first-order chi connectivity index (χ1) is 6.97. The highest BCUT2D eigenvalue weighted by Gasteiger charge is 2.20. The van der Waals surface area contributed by atoms with Gasteiger partial charge in [-0.1, -0.05) is 11.6 Å². The predicted octanol–water partition coefficient (Wildman–Crippen LogP) is 2.38. The molecule has 1 N–H and O–H groups in total. The maximum atomic E-state index is 11.2. The van der Waals surface area contributed by atoms with Crippen LogP contribution in [-0.2, 0) is 4.79 Å². The molecule has 15 heavy (non-hydrogen) atoms. The zero-order valence-corrected chi connectivity index (χ0v) is 9.92. The highest BCUT2D eigenvalue weighted by molar-refractivity contribution is 9.10. The van der Waals surface area contributed by atoms with Crippen molar-refractivity contribution >= 4 is 39.3 Å². The third kappa shape index (κ3) is 2.49. The largest absolute Gasteiger partial charge is 0.495 e. The van der Waals surface area contributed by atoms with Gasteiger partial charge in [-0.2, -0.15) is 0 Å². The fourth-order valence-electron chi connectivity index (χ4n) is 0.993. The van der Waals surface area contributed by atoms with Crippen LogP contribution in [0.15, 0.2) is 16.6 Å². The maximum absolute atomic E-state index is 11.2. The molecular formula is C9H6BrClO4. The number of benzene rings is 1. The Morgan fingerprint density at radius 3 is 2.53 bits per heavy atom. The summed E-state index contributed by atoms with van der Waals surface area (Å²) in [6.45, 7) is 0. The van der Waals surface area contributed by atoms with E-state index in [4.69, 9.17) is 21.4 Å². The van der Waals surface area contributed by atoms with Crippen molar-refractivity contribution in [1.29, 1.82) is 0 Å². The Bertz CT molecular complexity index is 430. The van der Waals surface area contributed by atoms with Crippen LogP contribution in [0.1, 0.15) is 10.4 Å². The first-order valence-electron chi connectivity index (χ1n) is 3.78. The Balaban J connectivity index is 3.35. The van der Waals surface area contributed by atoms with E-state index in [-0.39, 0.29) is 15.1 Å². The third-order valence-electron chi connectivity index (χ3n) is 1.66. The number of hydrogen-bond acceptors (Lipinski definition) is 3. The summed E-state index contributed by atoms with van der Waals surface area (Å²) >= 11 is 8.78. The lowest BCUT2D eigenvalue weighted by atomic mass is 10.1. The predicted molar refractivity (Wildman–Crippen MR) is 57.7 cm³/mol. The summed E-state index contributed by atoms with van der Waals surface area (Å²) in [6, 6.07) is 2.74. The Labute approximate surface area is 98.9 Å². The van der Waals surface area contributed by atoms with Crippen LogP contribution in [0, 0.1) is 0 Å². The number of carboxylic acid groups (broad SMARTS) is 1. The second kappa shape index (κ2) is 4.63. The van der Waals surface area contributed by atoms with Crippen LogP contribution in [0.3, 0.4) is 0 Å². The highest BCUT2D eigenvalue weighted by Crippen LogP contribution is 2.32. The standard InChI is InChI=1S/C9H6BrClO4/c1-15-6-3-4(11)2-5(7(6)10)8(12)9(13)14/h2-3H,1H3,(H,13,14). The Hall–Kier alpha value is -1.07. The number of ether oxygens (including phenoxy) is 1. The Kier molecular flexibility index (Phi) is 3.71. The van der Waals surface area contributed by atoms with Crippen LogP contribution in [0.2, 0.25) is 5.02 Å². The molecule has 4 nitrogen and oxygen atoms in total. The molecule has 0 bridgehead atoms. The molecule has 0 fully saturated rings. The van der Waals surface area contributed by atoms with Gasteiger partial charge in [0.1, 0.15) is 5.75 Å². The number of aliphatic carboxylic acids is 1. The summed E-state index contributed by atoms with van der Waals surface area (Å²) in [5.41, 5.74) is -0.0353. The van der Waals surface area contributed by atoms with E-state index in [2.05, 4.69) is 15.9 Å². The van der Waals surface area contributed by atoms with Gasteiger partial charge in [0, 0.05) is 10.6 Å². The molecule has 0 saturated heterocycles. The summed E-state index contributed by atoms with van der Waals surface area (Å²) in [5, 5.41) is 8.80. The fraction of sp³-hybridized carbons (Fsp3) is 0.111. The van der Waals surface area contributed by atoms with Crippen LogP contribution >= 0.6 is 27.5 Å². The number of methoxy groups -OCH3 is 1. The van der Waals surface area contributed by atoms with E-state index in [9.17, 15) is 9.59 Å². The van der Waals surface area contributed by atoms with Gasteiger partial charge < -0.3 is 9.84 Å². The second-order valence-corrected chi connectivity index (χ2v) is 3.83. The van der Waals surface area contributed by atoms with Crippen molar-refractivity contribution in [1.82, 2.24) is 0 Å². The average molecular weight is 294 g/mol. The van der Waals surface area contributed by atoms with Gasteiger partial charge >= 0.3 is 5.97 Å². The van der Waals surface area contributed by atoms with Crippen LogP contribution < -0.4 is 4.74 Å². The van der Waals surface area contributed by atoms with E-state index in [1.54, 1.807) is 0 Å². The van der Waals surface area contributed by atoms with Crippen molar-refractivity contribution in [2.75, 3.05) is 7.11 Å². The quantitative estimate of drug-likeness (QED) is 0.686. The van der Waals surface area contributed by atoms with Crippen LogP contribution in [-0.4, -0.2) is 24.0 Å². The van der Waals surface area contributed by atoms with Crippen molar-refractivity contribution in [3.8, 4) is 5.75 Å². The average Bonchev–Trinajstić information content (AvgIpc) is 2.19. The van der Waals surface area contributed by atoms with Crippen LogP contribution in [0.25, 0.3) is 0 Å². The van der Waals surface area contributed by atoms with Gasteiger partial charge in [-0.15, -0.1) is 0 Å². The second-order valence-electron chi connectivity index (χ2n) is 2.60. The lowest BCUT2D eigenvalue weighted by Gasteiger charge is -2.07. The fourth-order valence-corrected chi connectivity index (χ4v) is 1.77. The first kappa shape index (κ1) is 12.0. The molecule has 0 aliphatic heterocycles. The SMILES string of the molecule is COc1cc(Cl)cc(C(=O)C(=O)O)c1Br. The zero-order valence-electron chi connectivity index (χ0n) is 7.58.